The third-order valence-corrected chi connectivity index (χ3v) is 6.10. The molecular formula is C26H31NO6. The van der Waals surface area contributed by atoms with E-state index in [9.17, 15) is 14.7 Å². The molecule has 3 atom stereocenters. The van der Waals surface area contributed by atoms with Crippen LogP contribution in [-0.2, 0) is 25.5 Å². The molecule has 0 amide bonds. The lowest BCUT2D eigenvalue weighted by Crippen LogP contribution is -2.50. The Bertz CT molecular complexity index is 997. The van der Waals surface area contributed by atoms with Crippen molar-refractivity contribution in [2.45, 2.75) is 31.3 Å². The van der Waals surface area contributed by atoms with Gasteiger partial charge in [-0.15, -0.1) is 0 Å². The number of esters is 2. The molecule has 176 valence electrons. The summed E-state index contributed by atoms with van der Waals surface area (Å²) in [6.07, 6.45) is 0.813. The van der Waals surface area contributed by atoms with Crippen LogP contribution in [0.3, 0.4) is 0 Å². The Morgan fingerprint density at radius 1 is 1.03 bits per heavy atom. The molecular weight excluding hydrogens is 422 g/mol. The lowest BCUT2D eigenvalue weighted by Gasteiger charge is -2.42. The Morgan fingerprint density at radius 2 is 1.70 bits per heavy atom. The first-order chi connectivity index (χ1) is 15.8. The summed E-state index contributed by atoms with van der Waals surface area (Å²) in [6, 6.07) is 17.0. The standard InChI is InChI=1S/C26H31NO6/c1-26(30)16-20(27-15-14-17-8-6-5-7-9-17)22(24(28)32-3)21(23(26)25(29)33-4)18-10-12-19(31-2)13-11-18/h5-13,21,23,27,30H,14-16H2,1-4H3. The van der Waals surface area contributed by atoms with Gasteiger partial charge in [-0.3, -0.25) is 4.79 Å². The lowest BCUT2D eigenvalue weighted by atomic mass is 9.66. The van der Waals surface area contributed by atoms with Gasteiger partial charge in [0.25, 0.3) is 0 Å². The number of carbonyl (C=O) groups excluding carboxylic acids is 2. The molecule has 2 aromatic carbocycles. The van der Waals surface area contributed by atoms with Gasteiger partial charge in [0.1, 0.15) is 5.75 Å². The average Bonchev–Trinajstić information content (AvgIpc) is 2.83. The largest absolute Gasteiger partial charge is 0.497 e. The van der Waals surface area contributed by atoms with Crippen LogP contribution in [0.5, 0.6) is 5.75 Å². The molecule has 7 heteroatoms. The van der Waals surface area contributed by atoms with E-state index in [2.05, 4.69) is 5.32 Å². The van der Waals surface area contributed by atoms with Gasteiger partial charge in [0.2, 0.25) is 0 Å². The Balaban J connectivity index is 2.06. The summed E-state index contributed by atoms with van der Waals surface area (Å²) in [5.41, 5.74) is 1.24. The summed E-state index contributed by atoms with van der Waals surface area (Å²) in [5.74, 6) is -2.27. The van der Waals surface area contributed by atoms with Crippen molar-refractivity contribution in [1.82, 2.24) is 5.32 Å². The number of methoxy groups -OCH3 is 3. The van der Waals surface area contributed by atoms with Gasteiger partial charge in [0.05, 0.1) is 38.4 Å². The van der Waals surface area contributed by atoms with Crippen molar-refractivity contribution in [2.24, 2.45) is 5.92 Å². The molecule has 1 aliphatic carbocycles. The molecule has 0 fully saturated rings. The van der Waals surface area contributed by atoms with E-state index in [1.54, 1.807) is 38.3 Å². The lowest BCUT2D eigenvalue weighted by molar-refractivity contribution is -0.157. The molecule has 7 nitrogen and oxygen atoms in total. The quantitative estimate of drug-likeness (QED) is 0.594. The van der Waals surface area contributed by atoms with E-state index >= 15 is 0 Å². The summed E-state index contributed by atoms with van der Waals surface area (Å²) in [4.78, 5) is 25.9. The second kappa shape index (κ2) is 10.5. The maximum absolute atomic E-state index is 13.0. The number of hydrogen-bond donors (Lipinski definition) is 2. The number of benzene rings is 2. The van der Waals surface area contributed by atoms with Crippen LogP contribution in [0.2, 0.25) is 0 Å². The van der Waals surface area contributed by atoms with Crippen molar-refractivity contribution in [2.75, 3.05) is 27.9 Å². The average molecular weight is 454 g/mol. The van der Waals surface area contributed by atoms with E-state index in [4.69, 9.17) is 14.2 Å². The zero-order valence-corrected chi connectivity index (χ0v) is 19.5. The van der Waals surface area contributed by atoms with Crippen LogP contribution in [0.4, 0.5) is 0 Å². The summed E-state index contributed by atoms with van der Waals surface area (Å²) >= 11 is 0. The van der Waals surface area contributed by atoms with Gasteiger partial charge in [0.15, 0.2) is 0 Å². The Labute approximate surface area is 194 Å². The molecule has 0 spiro atoms. The Morgan fingerprint density at radius 3 is 2.27 bits per heavy atom. The Kier molecular flexibility index (Phi) is 7.76. The fourth-order valence-electron chi connectivity index (χ4n) is 4.48. The van der Waals surface area contributed by atoms with E-state index in [1.807, 2.05) is 30.3 Å². The number of nitrogens with one attached hydrogen (secondary N) is 1. The summed E-state index contributed by atoms with van der Waals surface area (Å²) in [6.45, 7) is 2.15. The van der Waals surface area contributed by atoms with Gasteiger partial charge >= 0.3 is 11.9 Å². The molecule has 3 unspecified atom stereocenters. The van der Waals surface area contributed by atoms with Gasteiger partial charge in [-0.1, -0.05) is 42.5 Å². The molecule has 2 N–H and O–H groups in total. The summed E-state index contributed by atoms with van der Waals surface area (Å²) in [5, 5.41) is 14.7. The van der Waals surface area contributed by atoms with E-state index < -0.39 is 29.4 Å². The number of carbonyl (C=O) groups is 2. The zero-order valence-electron chi connectivity index (χ0n) is 19.5. The highest BCUT2D eigenvalue weighted by atomic mass is 16.5. The molecule has 0 heterocycles. The van der Waals surface area contributed by atoms with Crippen molar-refractivity contribution in [3.8, 4) is 5.75 Å². The summed E-state index contributed by atoms with van der Waals surface area (Å²) in [7, 11) is 4.15. The molecule has 33 heavy (non-hydrogen) atoms. The van der Waals surface area contributed by atoms with Gasteiger partial charge in [0, 0.05) is 24.6 Å². The predicted octanol–water partition coefficient (Wildman–Crippen LogP) is 2.98. The van der Waals surface area contributed by atoms with Crippen LogP contribution >= 0.6 is 0 Å². The molecule has 0 radical (unpaired) electrons. The van der Waals surface area contributed by atoms with Crippen LogP contribution in [0.25, 0.3) is 0 Å². The van der Waals surface area contributed by atoms with Gasteiger partial charge in [-0.2, -0.15) is 0 Å². The molecule has 0 bridgehead atoms. The monoisotopic (exact) mass is 453 g/mol. The van der Waals surface area contributed by atoms with Crippen LogP contribution in [0.1, 0.15) is 30.4 Å². The minimum Gasteiger partial charge on any atom is -0.497 e. The smallest absolute Gasteiger partial charge is 0.336 e. The first-order valence-electron chi connectivity index (χ1n) is 10.9. The topological polar surface area (TPSA) is 94.1 Å². The number of aliphatic hydroxyl groups is 1. The van der Waals surface area contributed by atoms with Gasteiger partial charge in [-0.25, -0.2) is 4.79 Å². The number of hydrogen-bond acceptors (Lipinski definition) is 7. The molecule has 0 aliphatic heterocycles. The maximum atomic E-state index is 13.0. The molecule has 1 aliphatic rings. The third kappa shape index (κ3) is 5.37. The molecule has 0 aromatic heterocycles. The van der Waals surface area contributed by atoms with Crippen LogP contribution < -0.4 is 10.1 Å². The molecule has 0 saturated carbocycles. The highest BCUT2D eigenvalue weighted by molar-refractivity contribution is 5.93. The van der Waals surface area contributed by atoms with Crippen molar-refractivity contribution in [3.05, 3.63) is 77.0 Å². The fourth-order valence-corrected chi connectivity index (χ4v) is 4.48. The first-order valence-corrected chi connectivity index (χ1v) is 10.9. The second-order valence-electron chi connectivity index (χ2n) is 8.33. The van der Waals surface area contributed by atoms with Crippen molar-refractivity contribution in [3.63, 3.8) is 0 Å². The maximum Gasteiger partial charge on any atom is 0.336 e. The van der Waals surface area contributed by atoms with Crippen molar-refractivity contribution in [1.29, 1.82) is 0 Å². The summed E-state index contributed by atoms with van der Waals surface area (Å²) < 4.78 is 15.4. The zero-order chi connectivity index (χ0) is 24.0. The predicted molar refractivity (Wildman–Crippen MR) is 124 cm³/mol. The highest BCUT2D eigenvalue weighted by Gasteiger charge is 2.52. The molecule has 3 rings (SSSR count). The first kappa shape index (κ1) is 24.3. The van der Waals surface area contributed by atoms with Gasteiger partial charge < -0.3 is 24.6 Å². The SMILES string of the molecule is COC(=O)C1=C(NCCc2ccccc2)CC(C)(O)C(C(=O)OC)C1c1ccc(OC)cc1. The second-order valence-corrected chi connectivity index (χ2v) is 8.33. The van der Waals surface area contributed by atoms with Crippen LogP contribution in [0, 0.1) is 5.92 Å². The Hall–Kier alpha value is -3.32. The van der Waals surface area contributed by atoms with Crippen molar-refractivity contribution >= 4 is 11.9 Å². The fraction of sp³-hybridized carbons (Fsp3) is 0.385. The highest BCUT2D eigenvalue weighted by Crippen LogP contribution is 2.47. The van der Waals surface area contributed by atoms with Gasteiger partial charge in [-0.05, 0) is 36.6 Å². The molecule has 2 aromatic rings. The number of rotatable bonds is 8. The molecule has 0 saturated heterocycles. The van der Waals surface area contributed by atoms with E-state index in [0.29, 0.717) is 29.1 Å². The van der Waals surface area contributed by atoms with E-state index in [0.717, 1.165) is 12.0 Å². The van der Waals surface area contributed by atoms with Crippen molar-refractivity contribution < 1.29 is 28.9 Å². The van der Waals surface area contributed by atoms with Crippen LogP contribution in [-0.4, -0.2) is 50.5 Å². The minimum absolute atomic E-state index is 0.0820. The van der Waals surface area contributed by atoms with Crippen LogP contribution in [0.15, 0.2) is 65.9 Å². The minimum atomic E-state index is -1.45. The number of ether oxygens (including phenoxy) is 3. The van der Waals surface area contributed by atoms with E-state index in [-0.39, 0.29) is 6.42 Å². The third-order valence-electron chi connectivity index (χ3n) is 6.10. The van der Waals surface area contributed by atoms with E-state index in [1.165, 1.54) is 14.2 Å². The normalized spacial score (nSPS) is 22.5.